The standard InChI is InChI=1S/C20H14N2S2/c1-2-14-10-18-7-8-20(24-18)12-16-4-3-15(22-16)11-19-6-5-17(23-19)9-13(1)21-14/h1-12,21-22H. The number of nitrogens with one attached hydrogen (secondary N) is 2. The molecule has 0 atom stereocenters. The van der Waals surface area contributed by atoms with E-state index in [0.717, 1.165) is 21.4 Å². The van der Waals surface area contributed by atoms with Crippen molar-refractivity contribution in [1.82, 2.24) is 9.97 Å². The minimum Gasteiger partial charge on any atom is -0.355 e. The van der Waals surface area contributed by atoms with Crippen LogP contribution in [0.15, 0.2) is 48.5 Å². The summed E-state index contributed by atoms with van der Waals surface area (Å²) in [6.45, 7) is 0. The van der Waals surface area contributed by atoms with Gasteiger partial charge in [0.1, 0.15) is 0 Å². The summed E-state index contributed by atoms with van der Waals surface area (Å²) in [4.78, 5) is 11.9. The molecule has 0 amide bonds. The fourth-order valence-electron chi connectivity index (χ4n) is 2.86. The van der Waals surface area contributed by atoms with Crippen molar-refractivity contribution in [1.29, 1.82) is 0 Å². The van der Waals surface area contributed by atoms with Crippen molar-refractivity contribution in [2.24, 2.45) is 0 Å². The molecule has 2 N–H and O–H groups in total. The second-order valence-electron chi connectivity index (χ2n) is 5.80. The molecule has 0 unspecified atom stereocenters. The van der Waals surface area contributed by atoms with Crippen molar-refractivity contribution in [2.75, 3.05) is 0 Å². The highest BCUT2D eigenvalue weighted by molar-refractivity contribution is 7.14. The zero-order valence-electron chi connectivity index (χ0n) is 12.7. The number of hydrogen-bond acceptors (Lipinski definition) is 2. The van der Waals surface area contributed by atoms with Crippen molar-refractivity contribution in [3.05, 3.63) is 89.4 Å². The van der Waals surface area contributed by atoms with Gasteiger partial charge in [0.05, 0.1) is 0 Å². The minimum absolute atomic E-state index is 1.13. The second kappa shape index (κ2) is 5.51. The van der Waals surface area contributed by atoms with Gasteiger partial charge in [-0.15, -0.1) is 22.7 Å². The van der Waals surface area contributed by atoms with Crippen LogP contribution in [0.25, 0.3) is 24.3 Å². The van der Waals surface area contributed by atoms with Crippen LogP contribution in [0.1, 0.15) is 19.5 Å². The number of hydrogen-bond donors (Lipinski definition) is 2. The van der Waals surface area contributed by atoms with Crippen molar-refractivity contribution < 1.29 is 0 Å². The van der Waals surface area contributed by atoms with E-state index in [9.17, 15) is 0 Å². The van der Waals surface area contributed by atoms with Gasteiger partial charge in [0.15, 0.2) is 0 Å². The molecule has 5 rings (SSSR count). The van der Waals surface area contributed by atoms with Crippen LogP contribution in [-0.2, 0) is 0 Å². The van der Waals surface area contributed by atoms with Gasteiger partial charge < -0.3 is 9.97 Å². The predicted octanol–water partition coefficient (Wildman–Crippen LogP) is 2.09. The molecule has 1 aliphatic rings. The average molecular weight is 346 g/mol. The second-order valence-corrected chi connectivity index (χ2v) is 8.09. The molecule has 4 heteroatoms. The first-order valence-corrected chi connectivity index (χ1v) is 9.40. The predicted molar refractivity (Wildman–Crippen MR) is 103 cm³/mol. The number of rotatable bonds is 0. The first kappa shape index (κ1) is 13.8. The first-order valence-electron chi connectivity index (χ1n) is 7.77. The summed E-state index contributed by atoms with van der Waals surface area (Å²) in [7, 11) is 0. The summed E-state index contributed by atoms with van der Waals surface area (Å²) in [6.07, 6.45) is 8.77. The third-order valence-electron chi connectivity index (χ3n) is 3.95. The molecule has 116 valence electrons. The van der Waals surface area contributed by atoms with Crippen LogP contribution in [0.5, 0.6) is 0 Å². The SMILES string of the molecule is C1=c2ccc([nH]2)=Cc2ccc(s2)C=c2ccc([nH]2)=Cc2ccc1s2. The van der Waals surface area contributed by atoms with E-state index in [1.807, 2.05) is 0 Å². The molecule has 0 radical (unpaired) electrons. The molecule has 2 nitrogen and oxygen atoms in total. The topological polar surface area (TPSA) is 31.6 Å². The highest BCUT2D eigenvalue weighted by atomic mass is 32.1. The fourth-order valence-corrected chi connectivity index (χ4v) is 4.69. The van der Waals surface area contributed by atoms with Gasteiger partial charge in [-0.05, 0) is 72.8 Å². The highest BCUT2D eigenvalue weighted by Gasteiger charge is 1.98. The highest BCUT2D eigenvalue weighted by Crippen LogP contribution is 2.18. The van der Waals surface area contributed by atoms with Crippen LogP contribution in [0.2, 0.25) is 0 Å². The molecule has 0 saturated carbocycles. The van der Waals surface area contributed by atoms with Crippen LogP contribution >= 0.6 is 22.7 Å². The Morgan fingerprint density at radius 1 is 0.417 bits per heavy atom. The maximum absolute atomic E-state index is 3.47. The van der Waals surface area contributed by atoms with Crippen LogP contribution < -0.4 is 21.4 Å². The molecular weight excluding hydrogens is 332 g/mol. The Morgan fingerprint density at radius 3 is 1.00 bits per heavy atom. The van der Waals surface area contributed by atoms with E-state index in [1.165, 1.54) is 19.5 Å². The van der Waals surface area contributed by atoms with Gasteiger partial charge in [0, 0.05) is 40.9 Å². The van der Waals surface area contributed by atoms with Gasteiger partial charge in [-0.25, -0.2) is 0 Å². The monoisotopic (exact) mass is 346 g/mol. The van der Waals surface area contributed by atoms with Gasteiger partial charge in [-0.1, -0.05) is 0 Å². The summed E-state index contributed by atoms with van der Waals surface area (Å²) >= 11 is 3.58. The van der Waals surface area contributed by atoms with Crippen molar-refractivity contribution in [3.63, 3.8) is 0 Å². The smallest absolute Gasteiger partial charge is 0.0399 e. The number of fused-ring (bicyclic) bond motifs is 8. The van der Waals surface area contributed by atoms with E-state index in [-0.39, 0.29) is 0 Å². The lowest BCUT2D eigenvalue weighted by Gasteiger charge is -1.85. The number of thiophene rings is 2. The van der Waals surface area contributed by atoms with Gasteiger partial charge in [-0.2, -0.15) is 0 Å². The summed E-state index contributed by atoms with van der Waals surface area (Å²) in [6, 6.07) is 17.2. The Bertz CT molecular complexity index is 1070. The maximum atomic E-state index is 3.47. The Kier molecular flexibility index (Phi) is 3.18. The number of H-pyrrole nitrogens is 2. The minimum atomic E-state index is 1.13. The Balaban J connectivity index is 1.79. The normalized spacial score (nSPS) is 12.7. The van der Waals surface area contributed by atoms with Gasteiger partial charge in [0.25, 0.3) is 0 Å². The molecule has 0 fully saturated rings. The van der Waals surface area contributed by atoms with Crippen LogP contribution in [0.4, 0.5) is 0 Å². The Morgan fingerprint density at radius 2 is 0.708 bits per heavy atom. The van der Waals surface area contributed by atoms with Crippen molar-refractivity contribution >= 4 is 47.0 Å². The van der Waals surface area contributed by atoms with E-state index in [0.29, 0.717) is 0 Å². The molecule has 24 heavy (non-hydrogen) atoms. The Hall–Kier alpha value is -2.56. The maximum Gasteiger partial charge on any atom is 0.0399 e. The van der Waals surface area contributed by atoms with Gasteiger partial charge in [0.2, 0.25) is 0 Å². The molecule has 0 aromatic carbocycles. The molecule has 4 aromatic heterocycles. The molecule has 5 heterocycles. The summed E-state index contributed by atoms with van der Waals surface area (Å²) in [5, 5.41) is 4.53. The van der Waals surface area contributed by atoms with E-state index < -0.39 is 0 Å². The van der Waals surface area contributed by atoms with Gasteiger partial charge in [-0.3, -0.25) is 0 Å². The van der Waals surface area contributed by atoms with E-state index in [1.54, 1.807) is 22.7 Å². The van der Waals surface area contributed by atoms with Crippen molar-refractivity contribution in [2.45, 2.75) is 0 Å². The number of aromatic nitrogens is 2. The fraction of sp³-hybridized carbons (Fsp3) is 0. The van der Waals surface area contributed by atoms with E-state index in [2.05, 4.69) is 82.8 Å². The lowest BCUT2D eigenvalue weighted by molar-refractivity contribution is 1.27. The third-order valence-corrected chi connectivity index (χ3v) is 5.91. The molecule has 1 aliphatic heterocycles. The molecule has 0 saturated heterocycles. The zero-order valence-corrected chi connectivity index (χ0v) is 14.4. The summed E-state index contributed by atoms with van der Waals surface area (Å²) in [5.74, 6) is 0. The summed E-state index contributed by atoms with van der Waals surface area (Å²) < 4.78 is 0. The molecule has 4 aromatic rings. The summed E-state index contributed by atoms with van der Waals surface area (Å²) in [5.41, 5.74) is 0. The lowest BCUT2D eigenvalue weighted by atomic mass is 10.3. The van der Waals surface area contributed by atoms with Crippen molar-refractivity contribution in [3.8, 4) is 0 Å². The van der Waals surface area contributed by atoms with Gasteiger partial charge >= 0.3 is 0 Å². The number of aromatic amines is 2. The zero-order chi connectivity index (χ0) is 15.9. The Labute approximate surface area is 146 Å². The quantitative estimate of drug-likeness (QED) is 0.430. The van der Waals surface area contributed by atoms with Crippen LogP contribution in [-0.4, -0.2) is 9.97 Å². The van der Waals surface area contributed by atoms with Crippen LogP contribution in [0, 0.1) is 0 Å². The largest absolute Gasteiger partial charge is 0.355 e. The average Bonchev–Trinajstić information content (AvgIpc) is 3.32. The third kappa shape index (κ3) is 2.70. The molecule has 0 aliphatic carbocycles. The molecule has 0 spiro atoms. The van der Waals surface area contributed by atoms with Crippen LogP contribution in [0.3, 0.4) is 0 Å². The van der Waals surface area contributed by atoms with E-state index >= 15 is 0 Å². The molecular formula is C20H14N2S2. The molecule has 8 bridgehead atoms. The first-order chi connectivity index (χ1) is 11.8. The lowest BCUT2D eigenvalue weighted by Crippen LogP contribution is -2.09. The van der Waals surface area contributed by atoms with E-state index in [4.69, 9.17) is 0 Å².